The van der Waals surface area contributed by atoms with Gasteiger partial charge in [0.1, 0.15) is 5.82 Å². The first kappa shape index (κ1) is 16.2. The molecule has 0 radical (unpaired) electrons. The van der Waals surface area contributed by atoms with Gasteiger partial charge in [-0.2, -0.15) is 0 Å². The molecular formula is C20H24ClN3S. The zero-order valence-corrected chi connectivity index (χ0v) is 16.2. The van der Waals surface area contributed by atoms with Gasteiger partial charge in [-0.25, -0.2) is 0 Å². The van der Waals surface area contributed by atoms with E-state index in [1.165, 1.54) is 49.9 Å². The van der Waals surface area contributed by atoms with E-state index in [9.17, 15) is 0 Å². The summed E-state index contributed by atoms with van der Waals surface area (Å²) >= 11 is 7.75. The maximum absolute atomic E-state index is 5.97. The van der Waals surface area contributed by atoms with Crippen LogP contribution in [0.3, 0.4) is 0 Å². The van der Waals surface area contributed by atoms with Gasteiger partial charge < -0.3 is 4.57 Å². The fraction of sp³-hybridized carbons (Fsp3) is 0.600. The highest BCUT2D eigenvalue weighted by Gasteiger charge is 2.53. The van der Waals surface area contributed by atoms with E-state index >= 15 is 0 Å². The fourth-order valence-corrected chi connectivity index (χ4v) is 7.01. The summed E-state index contributed by atoms with van der Waals surface area (Å²) in [5.74, 6) is 4.98. The molecule has 4 fully saturated rings. The third-order valence-electron chi connectivity index (χ3n) is 6.63. The average molecular weight is 374 g/mol. The van der Waals surface area contributed by atoms with E-state index in [2.05, 4.69) is 28.8 Å². The quantitative estimate of drug-likeness (QED) is 0.687. The van der Waals surface area contributed by atoms with Crippen LogP contribution in [0.4, 0.5) is 0 Å². The maximum Gasteiger partial charge on any atom is 0.191 e. The molecule has 0 aliphatic heterocycles. The van der Waals surface area contributed by atoms with Gasteiger partial charge in [0.25, 0.3) is 0 Å². The van der Waals surface area contributed by atoms with E-state index in [-0.39, 0.29) is 0 Å². The standard InChI is InChI=1S/C20H24ClN3S/c1-24-18(20-9-14-6-15(10-20)8-16(7-14)11-20)22-23-19(24)25-12-13-2-4-17(21)5-3-13/h2-5,14-16H,6-12H2,1H3. The SMILES string of the molecule is Cn1c(SCc2ccc(Cl)cc2)nnc1C12CC3CC(CC(C3)C1)C2. The topological polar surface area (TPSA) is 30.7 Å². The van der Waals surface area contributed by atoms with E-state index in [1.807, 2.05) is 12.1 Å². The fourth-order valence-electron chi connectivity index (χ4n) is 6.02. The molecule has 6 rings (SSSR count). The maximum atomic E-state index is 5.97. The molecule has 0 N–H and O–H groups in total. The molecule has 1 aromatic carbocycles. The summed E-state index contributed by atoms with van der Waals surface area (Å²) in [6, 6.07) is 8.08. The van der Waals surface area contributed by atoms with E-state index < -0.39 is 0 Å². The lowest BCUT2D eigenvalue weighted by atomic mass is 9.49. The molecule has 2 aromatic rings. The number of rotatable bonds is 4. The molecule has 3 nitrogen and oxygen atoms in total. The predicted octanol–water partition coefficient (Wildman–Crippen LogP) is 5.23. The van der Waals surface area contributed by atoms with Crippen molar-refractivity contribution in [3.63, 3.8) is 0 Å². The van der Waals surface area contributed by atoms with Crippen LogP contribution in [0.2, 0.25) is 5.02 Å². The number of benzene rings is 1. The van der Waals surface area contributed by atoms with Crippen LogP contribution in [-0.4, -0.2) is 14.8 Å². The van der Waals surface area contributed by atoms with Gasteiger partial charge in [-0.15, -0.1) is 10.2 Å². The van der Waals surface area contributed by atoms with Gasteiger partial charge in [-0.05, 0) is 74.0 Å². The molecule has 0 spiro atoms. The summed E-state index contributed by atoms with van der Waals surface area (Å²) in [7, 11) is 2.16. The predicted molar refractivity (Wildman–Crippen MR) is 102 cm³/mol. The zero-order valence-electron chi connectivity index (χ0n) is 14.6. The summed E-state index contributed by atoms with van der Waals surface area (Å²) in [5.41, 5.74) is 1.59. The van der Waals surface area contributed by atoms with Crippen molar-refractivity contribution < 1.29 is 0 Å². The van der Waals surface area contributed by atoms with Gasteiger partial charge >= 0.3 is 0 Å². The number of halogens is 1. The van der Waals surface area contributed by atoms with Crippen molar-refractivity contribution in [2.24, 2.45) is 24.8 Å². The molecule has 0 unspecified atom stereocenters. The first-order valence-corrected chi connectivity index (χ1v) is 10.7. The van der Waals surface area contributed by atoms with Gasteiger partial charge in [-0.3, -0.25) is 0 Å². The highest BCUT2D eigenvalue weighted by molar-refractivity contribution is 7.98. The third-order valence-corrected chi connectivity index (χ3v) is 7.97. The van der Waals surface area contributed by atoms with Crippen LogP contribution < -0.4 is 0 Å². The molecule has 25 heavy (non-hydrogen) atoms. The monoisotopic (exact) mass is 373 g/mol. The van der Waals surface area contributed by atoms with E-state index in [4.69, 9.17) is 16.7 Å². The molecule has 4 saturated carbocycles. The lowest BCUT2D eigenvalue weighted by molar-refractivity contribution is -0.0109. The number of nitrogens with zero attached hydrogens (tertiary/aromatic N) is 3. The summed E-state index contributed by atoms with van der Waals surface area (Å²) in [5, 5.41) is 11.1. The van der Waals surface area contributed by atoms with Crippen molar-refractivity contribution in [1.29, 1.82) is 0 Å². The first-order chi connectivity index (χ1) is 12.1. The molecule has 0 atom stereocenters. The molecule has 4 aliphatic carbocycles. The van der Waals surface area contributed by atoms with E-state index in [1.54, 1.807) is 11.8 Å². The van der Waals surface area contributed by atoms with Crippen molar-refractivity contribution in [2.75, 3.05) is 0 Å². The smallest absolute Gasteiger partial charge is 0.191 e. The first-order valence-electron chi connectivity index (χ1n) is 9.38. The molecule has 1 aromatic heterocycles. The van der Waals surface area contributed by atoms with Crippen molar-refractivity contribution in [2.45, 2.75) is 54.8 Å². The van der Waals surface area contributed by atoms with Crippen LogP contribution in [-0.2, 0) is 18.2 Å². The van der Waals surface area contributed by atoms with Gasteiger partial charge in [-0.1, -0.05) is 35.5 Å². The largest absolute Gasteiger partial charge is 0.309 e. The Hall–Kier alpha value is -1.00. The van der Waals surface area contributed by atoms with Crippen LogP contribution in [0.15, 0.2) is 29.4 Å². The molecule has 132 valence electrons. The Morgan fingerprint density at radius 1 is 1.04 bits per heavy atom. The Morgan fingerprint density at radius 2 is 1.64 bits per heavy atom. The molecule has 0 amide bonds. The van der Waals surface area contributed by atoms with Gasteiger partial charge in [0.05, 0.1) is 0 Å². The van der Waals surface area contributed by atoms with Gasteiger partial charge in [0.2, 0.25) is 0 Å². The number of aromatic nitrogens is 3. The molecule has 4 aliphatic rings. The lowest BCUT2D eigenvalue weighted by Crippen LogP contribution is -2.49. The van der Waals surface area contributed by atoms with Crippen molar-refractivity contribution in [3.05, 3.63) is 40.7 Å². The van der Waals surface area contributed by atoms with Crippen molar-refractivity contribution in [3.8, 4) is 0 Å². The Bertz CT molecular complexity index is 747. The minimum absolute atomic E-state index is 0.315. The van der Waals surface area contributed by atoms with E-state index in [0.717, 1.165) is 33.7 Å². The van der Waals surface area contributed by atoms with Crippen molar-refractivity contribution in [1.82, 2.24) is 14.8 Å². The van der Waals surface area contributed by atoms with Crippen LogP contribution >= 0.6 is 23.4 Å². The second-order valence-electron chi connectivity index (χ2n) is 8.48. The van der Waals surface area contributed by atoms with Gasteiger partial charge in [0, 0.05) is 23.2 Å². The van der Waals surface area contributed by atoms with Crippen LogP contribution in [0, 0.1) is 17.8 Å². The second-order valence-corrected chi connectivity index (χ2v) is 9.86. The zero-order chi connectivity index (χ0) is 17.0. The Labute approximate surface area is 158 Å². The minimum atomic E-state index is 0.315. The Morgan fingerprint density at radius 3 is 2.24 bits per heavy atom. The molecule has 4 bridgehead atoms. The molecule has 1 heterocycles. The van der Waals surface area contributed by atoms with E-state index in [0.29, 0.717) is 5.41 Å². The molecule has 5 heteroatoms. The highest BCUT2D eigenvalue weighted by Crippen LogP contribution is 2.60. The molecule has 0 saturated heterocycles. The summed E-state index contributed by atoms with van der Waals surface area (Å²) in [4.78, 5) is 0. The van der Waals surface area contributed by atoms with Crippen LogP contribution in [0.25, 0.3) is 0 Å². The number of thioether (sulfide) groups is 1. The summed E-state index contributed by atoms with van der Waals surface area (Å²) < 4.78 is 2.29. The summed E-state index contributed by atoms with van der Waals surface area (Å²) in [6.07, 6.45) is 8.42. The molecular weight excluding hydrogens is 350 g/mol. The number of hydrogen-bond acceptors (Lipinski definition) is 3. The van der Waals surface area contributed by atoms with Crippen LogP contribution in [0.5, 0.6) is 0 Å². The Balaban J connectivity index is 1.37. The summed E-state index contributed by atoms with van der Waals surface area (Å²) in [6.45, 7) is 0. The highest BCUT2D eigenvalue weighted by atomic mass is 35.5. The lowest BCUT2D eigenvalue weighted by Gasteiger charge is -2.56. The second kappa shape index (κ2) is 6.02. The van der Waals surface area contributed by atoms with Gasteiger partial charge in [0.15, 0.2) is 5.16 Å². The van der Waals surface area contributed by atoms with Crippen molar-refractivity contribution >= 4 is 23.4 Å². The minimum Gasteiger partial charge on any atom is -0.309 e. The van der Waals surface area contributed by atoms with Crippen LogP contribution in [0.1, 0.15) is 49.9 Å². The normalized spacial score (nSPS) is 33.1. The average Bonchev–Trinajstić information content (AvgIpc) is 2.95. The number of hydrogen-bond donors (Lipinski definition) is 0. The Kier molecular flexibility index (Phi) is 3.90. The third kappa shape index (κ3) is 2.82.